The molecule has 0 amide bonds. The van der Waals surface area contributed by atoms with E-state index in [1.54, 1.807) is 0 Å². The van der Waals surface area contributed by atoms with Gasteiger partial charge in [-0.25, -0.2) is 0 Å². The van der Waals surface area contributed by atoms with Crippen LogP contribution in [0.3, 0.4) is 0 Å². The lowest BCUT2D eigenvalue weighted by atomic mass is 9.85. The molecule has 2 heteroatoms. The van der Waals surface area contributed by atoms with Crippen LogP contribution in [-0.2, 0) is 11.8 Å². The van der Waals surface area contributed by atoms with E-state index in [4.69, 9.17) is 4.74 Å². The lowest BCUT2D eigenvalue weighted by Crippen LogP contribution is -2.22. The lowest BCUT2D eigenvalue weighted by molar-refractivity contribution is 0.337. The van der Waals surface area contributed by atoms with E-state index < -0.39 is 0 Å². The minimum Gasteiger partial charge on any atom is -0.489 e. The van der Waals surface area contributed by atoms with E-state index in [1.807, 2.05) is 0 Å². The van der Waals surface area contributed by atoms with Crippen molar-refractivity contribution in [3.05, 3.63) is 41.5 Å². The Morgan fingerprint density at radius 1 is 1.33 bits per heavy atom. The second-order valence-electron chi connectivity index (χ2n) is 7.13. The third-order valence-corrected chi connectivity index (χ3v) is 3.91. The second kappa shape index (κ2) is 6.65. The fourth-order valence-electron chi connectivity index (χ4n) is 2.32. The van der Waals surface area contributed by atoms with Crippen molar-refractivity contribution in [2.24, 2.45) is 0 Å². The monoisotopic (exact) mass is 287 g/mol. The Balaban J connectivity index is 1.99. The Kier molecular flexibility index (Phi) is 5.10. The largest absolute Gasteiger partial charge is 0.489 e. The summed E-state index contributed by atoms with van der Waals surface area (Å²) in [5.41, 5.74) is 3.85. The summed E-state index contributed by atoms with van der Waals surface area (Å²) in [7, 11) is 0. The standard InChI is InChI=1S/C19H29NO/c1-6-15-7-10-18(17(11-15)19(3,4)5)21-13-14(2)12-20-16-8-9-16/h7,10-11,16,20H,2,6,8-9,12-13H2,1,3-5H3. The van der Waals surface area contributed by atoms with Gasteiger partial charge in [0, 0.05) is 12.6 Å². The van der Waals surface area contributed by atoms with E-state index in [0.29, 0.717) is 6.61 Å². The first kappa shape index (κ1) is 16.1. The van der Waals surface area contributed by atoms with Gasteiger partial charge in [0.05, 0.1) is 0 Å². The van der Waals surface area contributed by atoms with Crippen molar-refractivity contribution < 1.29 is 4.74 Å². The smallest absolute Gasteiger partial charge is 0.123 e. The minimum atomic E-state index is 0.0914. The summed E-state index contributed by atoms with van der Waals surface area (Å²) in [4.78, 5) is 0. The molecule has 0 spiro atoms. The molecule has 1 N–H and O–H groups in total. The summed E-state index contributed by atoms with van der Waals surface area (Å²) in [5.74, 6) is 0.993. The average molecular weight is 287 g/mol. The van der Waals surface area contributed by atoms with Crippen molar-refractivity contribution in [1.29, 1.82) is 0 Å². The maximum atomic E-state index is 6.04. The first-order valence-electron chi connectivity index (χ1n) is 8.06. The number of benzene rings is 1. The molecule has 1 aromatic carbocycles. The lowest BCUT2D eigenvalue weighted by Gasteiger charge is -2.24. The summed E-state index contributed by atoms with van der Waals surface area (Å²) in [5, 5.41) is 3.48. The molecule has 116 valence electrons. The Morgan fingerprint density at radius 3 is 2.62 bits per heavy atom. The zero-order valence-electron chi connectivity index (χ0n) is 14.0. The van der Waals surface area contributed by atoms with Crippen molar-refractivity contribution in [3.8, 4) is 5.75 Å². The van der Waals surface area contributed by atoms with Gasteiger partial charge in [-0.15, -0.1) is 0 Å². The molecule has 21 heavy (non-hydrogen) atoms. The van der Waals surface area contributed by atoms with Gasteiger partial charge in [0.15, 0.2) is 0 Å². The molecule has 0 aliphatic heterocycles. The van der Waals surface area contributed by atoms with Crippen molar-refractivity contribution in [3.63, 3.8) is 0 Å². The highest BCUT2D eigenvalue weighted by molar-refractivity contribution is 5.41. The minimum absolute atomic E-state index is 0.0914. The van der Waals surface area contributed by atoms with Gasteiger partial charge in [0.1, 0.15) is 12.4 Å². The van der Waals surface area contributed by atoms with Gasteiger partial charge in [-0.05, 0) is 47.4 Å². The molecule has 1 aliphatic rings. The highest BCUT2D eigenvalue weighted by atomic mass is 16.5. The maximum absolute atomic E-state index is 6.04. The highest BCUT2D eigenvalue weighted by Gasteiger charge is 2.21. The number of rotatable bonds is 7. The summed E-state index contributed by atoms with van der Waals surface area (Å²) >= 11 is 0. The van der Waals surface area contributed by atoms with E-state index >= 15 is 0 Å². The van der Waals surface area contributed by atoms with Gasteiger partial charge in [0.25, 0.3) is 0 Å². The number of hydrogen-bond acceptors (Lipinski definition) is 2. The molecule has 0 aromatic heterocycles. The first-order chi connectivity index (χ1) is 9.90. The van der Waals surface area contributed by atoms with E-state index in [-0.39, 0.29) is 5.41 Å². The van der Waals surface area contributed by atoms with Crippen LogP contribution in [0.2, 0.25) is 0 Å². The van der Waals surface area contributed by atoms with Crippen molar-refractivity contribution >= 4 is 0 Å². The number of hydrogen-bond donors (Lipinski definition) is 1. The van der Waals surface area contributed by atoms with Crippen LogP contribution in [0.25, 0.3) is 0 Å². The summed E-state index contributed by atoms with van der Waals surface area (Å²) in [6, 6.07) is 7.27. The molecule has 0 radical (unpaired) electrons. The molecule has 0 saturated heterocycles. The summed E-state index contributed by atoms with van der Waals surface area (Å²) in [6.45, 7) is 14.5. The molecular weight excluding hydrogens is 258 g/mol. The van der Waals surface area contributed by atoms with Crippen LogP contribution in [0.1, 0.15) is 51.7 Å². The molecule has 2 nitrogen and oxygen atoms in total. The zero-order chi connectivity index (χ0) is 15.5. The van der Waals surface area contributed by atoms with E-state index in [0.717, 1.165) is 30.3 Å². The van der Waals surface area contributed by atoms with E-state index in [1.165, 1.54) is 24.0 Å². The first-order valence-corrected chi connectivity index (χ1v) is 8.06. The van der Waals surface area contributed by atoms with Gasteiger partial charge in [-0.1, -0.05) is 46.4 Å². The molecule has 1 aliphatic carbocycles. The van der Waals surface area contributed by atoms with Gasteiger partial charge in [0.2, 0.25) is 0 Å². The third kappa shape index (κ3) is 4.89. The van der Waals surface area contributed by atoms with Gasteiger partial charge in [-0.3, -0.25) is 0 Å². The molecule has 0 atom stereocenters. The topological polar surface area (TPSA) is 21.3 Å². The molecular formula is C19H29NO. The fraction of sp³-hybridized carbons (Fsp3) is 0.579. The zero-order valence-corrected chi connectivity index (χ0v) is 14.0. The fourth-order valence-corrected chi connectivity index (χ4v) is 2.32. The Bertz CT molecular complexity index is 495. The molecule has 1 fully saturated rings. The Hall–Kier alpha value is -1.28. The number of nitrogens with one attached hydrogen (secondary N) is 1. The predicted octanol–water partition coefficient (Wildman–Crippen LogP) is 4.23. The molecule has 0 bridgehead atoms. The summed E-state index contributed by atoms with van der Waals surface area (Å²) in [6.07, 6.45) is 3.67. The normalized spacial score (nSPS) is 15.0. The van der Waals surface area contributed by atoms with Crippen LogP contribution in [0, 0.1) is 0 Å². The second-order valence-corrected chi connectivity index (χ2v) is 7.13. The molecule has 0 heterocycles. The molecule has 2 rings (SSSR count). The van der Waals surface area contributed by atoms with E-state index in [9.17, 15) is 0 Å². The molecule has 1 saturated carbocycles. The molecule has 0 unspecified atom stereocenters. The SMILES string of the molecule is C=C(CNC1CC1)COc1ccc(CC)cc1C(C)(C)C. The van der Waals surface area contributed by atoms with Crippen molar-refractivity contribution in [2.45, 2.75) is 58.4 Å². The molecule has 1 aromatic rings. The Morgan fingerprint density at radius 2 is 2.05 bits per heavy atom. The van der Waals surface area contributed by atoms with Crippen LogP contribution < -0.4 is 10.1 Å². The van der Waals surface area contributed by atoms with Gasteiger partial charge < -0.3 is 10.1 Å². The van der Waals surface area contributed by atoms with Crippen molar-refractivity contribution in [2.75, 3.05) is 13.2 Å². The van der Waals surface area contributed by atoms with Crippen LogP contribution >= 0.6 is 0 Å². The van der Waals surface area contributed by atoms with Crippen LogP contribution in [0.5, 0.6) is 5.75 Å². The quantitative estimate of drug-likeness (QED) is 0.758. The van der Waals surface area contributed by atoms with Crippen LogP contribution in [0.4, 0.5) is 0 Å². The van der Waals surface area contributed by atoms with Gasteiger partial charge in [-0.2, -0.15) is 0 Å². The Labute approximate surface area is 129 Å². The van der Waals surface area contributed by atoms with Gasteiger partial charge >= 0.3 is 0 Å². The third-order valence-electron chi connectivity index (χ3n) is 3.91. The predicted molar refractivity (Wildman–Crippen MR) is 90.2 cm³/mol. The van der Waals surface area contributed by atoms with Crippen molar-refractivity contribution in [1.82, 2.24) is 5.32 Å². The summed E-state index contributed by atoms with van der Waals surface area (Å²) < 4.78 is 6.04. The number of aryl methyl sites for hydroxylation is 1. The highest BCUT2D eigenvalue weighted by Crippen LogP contribution is 2.32. The van der Waals surface area contributed by atoms with Crippen LogP contribution in [0.15, 0.2) is 30.4 Å². The van der Waals surface area contributed by atoms with E-state index in [2.05, 4.69) is 57.8 Å². The maximum Gasteiger partial charge on any atom is 0.123 e. The van der Waals surface area contributed by atoms with Crippen LogP contribution in [-0.4, -0.2) is 19.2 Å². The average Bonchev–Trinajstić information content (AvgIpc) is 3.26. The number of ether oxygens (including phenoxy) is 1.